The molecule has 0 bridgehead atoms. The molecule has 2 rings (SSSR count). The van der Waals surface area contributed by atoms with Crippen LogP contribution in [0, 0.1) is 5.92 Å². The van der Waals surface area contributed by atoms with E-state index in [2.05, 4.69) is 5.32 Å². The van der Waals surface area contributed by atoms with E-state index in [0.29, 0.717) is 36.9 Å². The van der Waals surface area contributed by atoms with Crippen LogP contribution in [0.25, 0.3) is 0 Å². The average Bonchev–Trinajstić information content (AvgIpc) is 2.36. The first-order valence-electron chi connectivity index (χ1n) is 6.82. The van der Waals surface area contributed by atoms with E-state index in [1.807, 2.05) is 13.8 Å². The Balaban J connectivity index is 2.15. The molecule has 0 fully saturated rings. The molecular formula is C15H20N2O3. The number of carbonyl (C=O) groups is 2. The number of fused-ring (bicyclic) bond motifs is 1. The molecule has 1 aromatic carbocycles. The van der Waals surface area contributed by atoms with E-state index in [9.17, 15) is 9.59 Å². The van der Waals surface area contributed by atoms with Crippen molar-refractivity contribution >= 4 is 23.2 Å². The number of anilines is 2. The van der Waals surface area contributed by atoms with Gasteiger partial charge in [-0.25, -0.2) is 0 Å². The summed E-state index contributed by atoms with van der Waals surface area (Å²) in [5.74, 6) is 0.927. The number of nitrogens with one attached hydrogen (secondary N) is 1. The van der Waals surface area contributed by atoms with Crippen LogP contribution in [-0.2, 0) is 9.59 Å². The summed E-state index contributed by atoms with van der Waals surface area (Å²) in [6.07, 6.45) is 0.484. The number of carbonyl (C=O) groups excluding carboxylic acids is 2. The molecule has 0 aromatic heterocycles. The van der Waals surface area contributed by atoms with E-state index in [4.69, 9.17) is 4.74 Å². The van der Waals surface area contributed by atoms with Crippen molar-refractivity contribution in [3.05, 3.63) is 18.2 Å². The summed E-state index contributed by atoms with van der Waals surface area (Å²) in [7, 11) is 0. The summed E-state index contributed by atoms with van der Waals surface area (Å²) in [6.45, 7) is 6.56. The van der Waals surface area contributed by atoms with Crippen molar-refractivity contribution in [3.8, 4) is 5.75 Å². The molecule has 1 N–H and O–H groups in total. The number of hydrogen-bond donors (Lipinski definition) is 1. The van der Waals surface area contributed by atoms with Crippen LogP contribution in [0.4, 0.5) is 11.4 Å². The van der Waals surface area contributed by atoms with Crippen LogP contribution in [0.5, 0.6) is 5.75 Å². The maximum atomic E-state index is 11.7. The van der Waals surface area contributed by atoms with Gasteiger partial charge in [-0.2, -0.15) is 0 Å². The zero-order chi connectivity index (χ0) is 14.7. The Morgan fingerprint density at radius 3 is 2.80 bits per heavy atom. The third-order valence-electron chi connectivity index (χ3n) is 3.08. The van der Waals surface area contributed by atoms with Crippen LogP contribution in [-0.4, -0.2) is 25.0 Å². The van der Waals surface area contributed by atoms with Crippen LogP contribution < -0.4 is 15.0 Å². The molecule has 0 radical (unpaired) electrons. The molecule has 108 valence electrons. The first kappa shape index (κ1) is 14.4. The lowest BCUT2D eigenvalue weighted by atomic mass is 10.1. The van der Waals surface area contributed by atoms with Gasteiger partial charge in [0.25, 0.3) is 0 Å². The molecule has 20 heavy (non-hydrogen) atoms. The molecule has 1 aromatic rings. The van der Waals surface area contributed by atoms with Crippen molar-refractivity contribution in [1.29, 1.82) is 0 Å². The van der Waals surface area contributed by atoms with Gasteiger partial charge >= 0.3 is 0 Å². The minimum Gasteiger partial charge on any atom is -0.489 e. The highest BCUT2D eigenvalue weighted by atomic mass is 16.5. The standard InChI is InChI=1S/C15H20N2O3/c1-10(2)8-15(19)16-12-4-5-13-14(9-12)20-7-6-17(13)11(3)18/h4-5,9-10H,6-8H2,1-3H3,(H,16,19). The van der Waals surface area contributed by atoms with Crippen LogP contribution >= 0.6 is 0 Å². The molecule has 1 heterocycles. The van der Waals surface area contributed by atoms with Gasteiger partial charge < -0.3 is 15.0 Å². The van der Waals surface area contributed by atoms with Gasteiger partial charge in [-0.05, 0) is 18.1 Å². The summed E-state index contributed by atoms with van der Waals surface area (Å²) < 4.78 is 5.56. The number of ether oxygens (including phenoxy) is 1. The Morgan fingerprint density at radius 1 is 1.40 bits per heavy atom. The second-order valence-electron chi connectivity index (χ2n) is 5.35. The molecule has 5 heteroatoms. The van der Waals surface area contributed by atoms with Gasteiger partial charge in [-0.3, -0.25) is 9.59 Å². The highest BCUT2D eigenvalue weighted by molar-refractivity contribution is 5.95. The Bertz CT molecular complexity index is 526. The average molecular weight is 276 g/mol. The Kier molecular flexibility index (Phi) is 4.27. The largest absolute Gasteiger partial charge is 0.489 e. The minimum atomic E-state index is -0.0146. The number of rotatable bonds is 3. The third kappa shape index (κ3) is 3.29. The van der Waals surface area contributed by atoms with Gasteiger partial charge in [-0.15, -0.1) is 0 Å². The quantitative estimate of drug-likeness (QED) is 0.922. The topological polar surface area (TPSA) is 58.6 Å². The second-order valence-corrected chi connectivity index (χ2v) is 5.35. The van der Waals surface area contributed by atoms with E-state index >= 15 is 0 Å². The van der Waals surface area contributed by atoms with Crippen molar-refractivity contribution in [2.24, 2.45) is 5.92 Å². The van der Waals surface area contributed by atoms with E-state index < -0.39 is 0 Å². The summed E-state index contributed by atoms with van der Waals surface area (Å²) in [5.41, 5.74) is 1.45. The first-order chi connectivity index (χ1) is 9.47. The second kappa shape index (κ2) is 5.94. The molecular weight excluding hydrogens is 256 g/mol. The number of nitrogens with zero attached hydrogens (tertiary/aromatic N) is 1. The number of benzene rings is 1. The molecule has 0 saturated carbocycles. The van der Waals surface area contributed by atoms with Crippen molar-refractivity contribution in [2.75, 3.05) is 23.4 Å². The fraction of sp³-hybridized carbons (Fsp3) is 0.467. The van der Waals surface area contributed by atoms with E-state index in [1.54, 1.807) is 23.1 Å². The molecule has 0 saturated heterocycles. The maximum Gasteiger partial charge on any atom is 0.224 e. The van der Waals surface area contributed by atoms with Gasteiger partial charge in [0.05, 0.1) is 12.2 Å². The normalized spacial score (nSPS) is 13.7. The lowest BCUT2D eigenvalue weighted by molar-refractivity contribution is -0.117. The fourth-order valence-electron chi connectivity index (χ4n) is 2.21. The van der Waals surface area contributed by atoms with E-state index in [-0.39, 0.29) is 11.8 Å². The molecule has 2 amide bonds. The predicted molar refractivity (Wildman–Crippen MR) is 78.0 cm³/mol. The Labute approximate surface area is 118 Å². The number of amides is 2. The van der Waals surface area contributed by atoms with Crippen LogP contribution in [0.3, 0.4) is 0 Å². The summed E-state index contributed by atoms with van der Waals surface area (Å²) >= 11 is 0. The minimum absolute atomic E-state index is 0.00820. The summed E-state index contributed by atoms with van der Waals surface area (Å²) in [6, 6.07) is 5.37. The molecule has 0 atom stereocenters. The van der Waals surface area contributed by atoms with Gasteiger partial charge in [0, 0.05) is 25.1 Å². The fourth-order valence-corrected chi connectivity index (χ4v) is 2.21. The molecule has 0 spiro atoms. The smallest absolute Gasteiger partial charge is 0.224 e. The zero-order valence-corrected chi connectivity index (χ0v) is 12.1. The lowest BCUT2D eigenvalue weighted by Crippen LogP contribution is -2.36. The third-order valence-corrected chi connectivity index (χ3v) is 3.08. The SMILES string of the molecule is CC(=O)N1CCOc2cc(NC(=O)CC(C)C)ccc21. The van der Waals surface area contributed by atoms with Crippen molar-refractivity contribution < 1.29 is 14.3 Å². The molecule has 0 aliphatic carbocycles. The van der Waals surface area contributed by atoms with Crippen LogP contribution in [0.2, 0.25) is 0 Å². The van der Waals surface area contributed by atoms with Crippen molar-refractivity contribution in [3.63, 3.8) is 0 Å². The molecule has 5 nitrogen and oxygen atoms in total. The first-order valence-corrected chi connectivity index (χ1v) is 6.82. The van der Waals surface area contributed by atoms with Gasteiger partial charge in [0.1, 0.15) is 12.4 Å². The maximum absolute atomic E-state index is 11.7. The number of hydrogen-bond acceptors (Lipinski definition) is 3. The lowest BCUT2D eigenvalue weighted by Gasteiger charge is -2.29. The van der Waals surface area contributed by atoms with Gasteiger partial charge in [0.15, 0.2) is 0 Å². The molecule has 1 aliphatic heterocycles. The Morgan fingerprint density at radius 2 is 2.15 bits per heavy atom. The molecule has 0 unspecified atom stereocenters. The van der Waals surface area contributed by atoms with Crippen molar-refractivity contribution in [1.82, 2.24) is 0 Å². The highest BCUT2D eigenvalue weighted by Gasteiger charge is 2.21. The summed E-state index contributed by atoms with van der Waals surface area (Å²) in [4.78, 5) is 25.0. The highest BCUT2D eigenvalue weighted by Crippen LogP contribution is 2.34. The van der Waals surface area contributed by atoms with Gasteiger partial charge in [0.2, 0.25) is 11.8 Å². The molecule has 1 aliphatic rings. The van der Waals surface area contributed by atoms with Gasteiger partial charge in [-0.1, -0.05) is 13.8 Å². The van der Waals surface area contributed by atoms with Crippen molar-refractivity contribution in [2.45, 2.75) is 27.2 Å². The van der Waals surface area contributed by atoms with Crippen LogP contribution in [0.1, 0.15) is 27.2 Å². The zero-order valence-electron chi connectivity index (χ0n) is 12.1. The van der Waals surface area contributed by atoms with E-state index in [0.717, 1.165) is 5.69 Å². The summed E-state index contributed by atoms with van der Waals surface area (Å²) in [5, 5.41) is 2.85. The van der Waals surface area contributed by atoms with E-state index in [1.165, 1.54) is 6.92 Å². The predicted octanol–water partition coefficient (Wildman–Crippen LogP) is 2.42. The monoisotopic (exact) mass is 276 g/mol. The van der Waals surface area contributed by atoms with Crippen LogP contribution in [0.15, 0.2) is 18.2 Å². The Hall–Kier alpha value is -2.04.